The molecule has 0 bridgehead atoms. The molecule has 2 aliphatic heterocycles. The highest BCUT2D eigenvalue weighted by atomic mass is 16.7. The Balaban J connectivity index is 1.53. The number of hydrazine groups is 1. The molecule has 0 saturated heterocycles. The predicted molar refractivity (Wildman–Crippen MR) is 148 cm³/mol. The Morgan fingerprint density at radius 3 is 2.71 bits per heavy atom. The van der Waals surface area contributed by atoms with Gasteiger partial charge in [-0.15, -0.1) is 0 Å². The van der Waals surface area contributed by atoms with E-state index in [1.807, 2.05) is 19.9 Å². The SMILES string of the molecule is CCCNC(=O)c1ccc(C)c(N=C2N=CNN3CC(C(=O)N(C(=O)OCOC(=O)/C=C/C=O)C4CC4)C(C)=C23)c1. The van der Waals surface area contributed by atoms with E-state index in [4.69, 9.17) is 14.5 Å². The molecule has 0 aromatic heterocycles. The van der Waals surface area contributed by atoms with Crippen LogP contribution in [0.5, 0.6) is 0 Å². The Bertz CT molecular complexity index is 1360. The number of imide groups is 1. The van der Waals surface area contributed by atoms with Gasteiger partial charge in [0, 0.05) is 24.2 Å². The molecule has 3 amide bonds. The van der Waals surface area contributed by atoms with Gasteiger partial charge in [-0.3, -0.25) is 24.8 Å². The minimum Gasteiger partial charge on any atom is -0.425 e. The van der Waals surface area contributed by atoms with E-state index in [9.17, 15) is 24.0 Å². The summed E-state index contributed by atoms with van der Waals surface area (Å²) in [6.45, 7) is 5.74. The number of carbonyl (C=O) groups is 5. The summed E-state index contributed by atoms with van der Waals surface area (Å²) in [6, 6.07) is 4.96. The number of carbonyl (C=O) groups excluding carboxylic acids is 5. The number of benzene rings is 1. The molecule has 2 N–H and O–H groups in total. The number of amides is 3. The van der Waals surface area contributed by atoms with Gasteiger partial charge in [0.1, 0.15) is 18.3 Å². The van der Waals surface area contributed by atoms with Crippen molar-refractivity contribution in [2.75, 3.05) is 19.9 Å². The van der Waals surface area contributed by atoms with Crippen LogP contribution < -0.4 is 10.7 Å². The number of aldehydes is 1. The molecular formula is C28H32N6O7. The zero-order valence-electron chi connectivity index (χ0n) is 23.1. The Hall–Kier alpha value is -4.81. The Labute approximate surface area is 236 Å². The maximum atomic E-state index is 13.6. The highest BCUT2D eigenvalue weighted by Gasteiger charge is 2.45. The number of esters is 1. The van der Waals surface area contributed by atoms with Crippen molar-refractivity contribution in [2.24, 2.45) is 15.9 Å². The number of nitrogens with one attached hydrogen (secondary N) is 2. The Morgan fingerprint density at radius 1 is 1.22 bits per heavy atom. The molecule has 1 unspecified atom stereocenters. The minimum absolute atomic E-state index is 0.190. The topological polar surface area (TPSA) is 159 Å². The van der Waals surface area contributed by atoms with Crippen LogP contribution in [-0.4, -0.2) is 78.2 Å². The Kier molecular flexibility index (Phi) is 9.27. The summed E-state index contributed by atoms with van der Waals surface area (Å²) in [5, 5.41) is 4.60. The first-order valence-electron chi connectivity index (χ1n) is 13.3. The number of nitrogens with zero attached hydrogens (tertiary/aromatic N) is 4. The second-order valence-electron chi connectivity index (χ2n) is 9.70. The van der Waals surface area contributed by atoms with Crippen LogP contribution in [0.1, 0.15) is 49.0 Å². The van der Waals surface area contributed by atoms with Gasteiger partial charge in [0.25, 0.3) is 5.91 Å². The molecule has 2 heterocycles. The van der Waals surface area contributed by atoms with Crippen LogP contribution in [0.25, 0.3) is 0 Å². The third-order valence-corrected chi connectivity index (χ3v) is 6.72. The number of hydrogen-bond donors (Lipinski definition) is 2. The van der Waals surface area contributed by atoms with Gasteiger partial charge in [-0.1, -0.05) is 13.0 Å². The molecule has 4 rings (SSSR count). The number of rotatable bonds is 10. The summed E-state index contributed by atoms with van der Waals surface area (Å²) >= 11 is 0. The highest BCUT2D eigenvalue weighted by molar-refractivity contribution is 6.07. The van der Waals surface area contributed by atoms with Gasteiger partial charge < -0.3 is 14.8 Å². The number of ether oxygens (including phenoxy) is 2. The number of hydrogen-bond acceptors (Lipinski definition) is 10. The molecule has 3 aliphatic rings. The molecule has 0 radical (unpaired) electrons. The van der Waals surface area contributed by atoms with Crippen molar-refractivity contribution >= 4 is 48.0 Å². The lowest BCUT2D eigenvalue weighted by molar-refractivity contribution is -0.147. The third kappa shape index (κ3) is 6.86. The van der Waals surface area contributed by atoms with Gasteiger partial charge in [-0.05, 0) is 62.5 Å². The second kappa shape index (κ2) is 13.0. The molecule has 1 atom stereocenters. The van der Waals surface area contributed by atoms with Gasteiger partial charge >= 0.3 is 12.1 Å². The van der Waals surface area contributed by atoms with Crippen LogP contribution >= 0.6 is 0 Å². The first-order valence-corrected chi connectivity index (χ1v) is 13.3. The lowest BCUT2D eigenvalue weighted by Crippen LogP contribution is -2.46. The molecular weight excluding hydrogens is 532 g/mol. The number of aryl methyl sites for hydroxylation is 1. The standard InChI is InChI=1S/C28H32N6O7/c1-4-11-29-26(37)19-8-7-17(2)22(13-19)32-25-24-18(3)21(14-33(24)31-15-30-25)27(38)34(20-9-10-20)28(39)41-16-40-23(36)6-5-12-35/h5-8,12-13,15,20-21H,4,9-11,14,16H2,1-3H3,(H,29,37)(H,30,31,32)/b6-5+. The smallest absolute Gasteiger partial charge is 0.419 e. The van der Waals surface area contributed by atoms with Crippen LogP contribution in [-0.2, 0) is 23.9 Å². The first kappa shape index (κ1) is 29.2. The fourth-order valence-electron chi connectivity index (χ4n) is 4.39. The quantitative estimate of drug-likeness (QED) is 0.188. The van der Waals surface area contributed by atoms with Gasteiger partial charge in [-0.2, -0.15) is 0 Å². The van der Waals surface area contributed by atoms with E-state index in [2.05, 4.69) is 15.7 Å². The molecule has 41 heavy (non-hydrogen) atoms. The molecule has 1 aromatic rings. The van der Waals surface area contributed by atoms with Crippen molar-refractivity contribution in [1.29, 1.82) is 0 Å². The fraction of sp³-hybridized carbons (Fsp3) is 0.393. The molecule has 13 nitrogen and oxygen atoms in total. The second-order valence-corrected chi connectivity index (χ2v) is 9.70. The van der Waals surface area contributed by atoms with E-state index in [1.165, 1.54) is 6.34 Å². The first-order chi connectivity index (χ1) is 19.7. The number of allylic oxidation sites excluding steroid dienone is 1. The lowest BCUT2D eigenvalue weighted by Gasteiger charge is -2.26. The van der Waals surface area contributed by atoms with E-state index in [-0.39, 0.29) is 18.5 Å². The fourth-order valence-corrected chi connectivity index (χ4v) is 4.39. The van der Waals surface area contributed by atoms with Crippen LogP contribution in [0.2, 0.25) is 0 Å². The number of amidine groups is 1. The normalized spacial score (nSPS) is 18.7. The van der Waals surface area contributed by atoms with E-state index >= 15 is 0 Å². The van der Waals surface area contributed by atoms with Crippen molar-refractivity contribution in [1.82, 2.24) is 20.7 Å². The molecule has 1 aromatic carbocycles. The van der Waals surface area contributed by atoms with Crippen LogP contribution in [0.3, 0.4) is 0 Å². The van der Waals surface area contributed by atoms with Crippen LogP contribution in [0.15, 0.2) is 51.6 Å². The number of fused-ring (bicyclic) bond motifs is 1. The predicted octanol–water partition coefficient (Wildman–Crippen LogP) is 2.30. The van der Waals surface area contributed by atoms with Gasteiger partial charge in [-0.25, -0.2) is 24.5 Å². The van der Waals surface area contributed by atoms with Gasteiger partial charge in [0.05, 0.1) is 18.2 Å². The molecule has 1 aliphatic carbocycles. The van der Waals surface area contributed by atoms with Crippen molar-refractivity contribution < 1.29 is 33.4 Å². The molecule has 13 heteroatoms. The van der Waals surface area contributed by atoms with E-state index in [1.54, 1.807) is 24.1 Å². The summed E-state index contributed by atoms with van der Waals surface area (Å²) in [5.41, 5.74) is 6.18. The van der Waals surface area contributed by atoms with E-state index in [0.29, 0.717) is 54.0 Å². The van der Waals surface area contributed by atoms with Gasteiger partial charge in [0.15, 0.2) is 5.84 Å². The molecule has 1 fully saturated rings. The lowest BCUT2D eigenvalue weighted by atomic mass is 10.0. The van der Waals surface area contributed by atoms with E-state index < -0.39 is 30.7 Å². The highest BCUT2D eigenvalue weighted by Crippen LogP contribution is 2.35. The van der Waals surface area contributed by atoms with Crippen molar-refractivity contribution in [3.63, 3.8) is 0 Å². The number of aliphatic imine (C=N–C) groups is 2. The van der Waals surface area contributed by atoms with Crippen molar-refractivity contribution in [3.05, 3.63) is 52.7 Å². The van der Waals surface area contributed by atoms with Crippen LogP contribution in [0.4, 0.5) is 10.5 Å². The largest absolute Gasteiger partial charge is 0.425 e. The maximum absolute atomic E-state index is 13.6. The summed E-state index contributed by atoms with van der Waals surface area (Å²) < 4.78 is 9.77. The summed E-state index contributed by atoms with van der Waals surface area (Å²) in [4.78, 5) is 71.0. The summed E-state index contributed by atoms with van der Waals surface area (Å²) in [7, 11) is 0. The average Bonchev–Trinajstić information content (AvgIpc) is 3.73. The van der Waals surface area contributed by atoms with Crippen LogP contribution in [0, 0.1) is 12.8 Å². The average molecular weight is 565 g/mol. The van der Waals surface area contributed by atoms with Gasteiger partial charge in [0.2, 0.25) is 12.7 Å². The minimum atomic E-state index is -0.917. The molecule has 1 saturated carbocycles. The molecule has 216 valence electrons. The zero-order valence-corrected chi connectivity index (χ0v) is 23.1. The molecule has 0 spiro atoms. The summed E-state index contributed by atoms with van der Waals surface area (Å²) in [5.74, 6) is -1.83. The zero-order chi connectivity index (χ0) is 29.5. The summed E-state index contributed by atoms with van der Waals surface area (Å²) in [6.07, 6.45) is 4.91. The van der Waals surface area contributed by atoms with E-state index in [0.717, 1.165) is 29.0 Å². The maximum Gasteiger partial charge on any atom is 0.419 e. The van der Waals surface area contributed by atoms with Crippen molar-refractivity contribution in [3.8, 4) is 0 Å². The van der Waals surface area contributed by atoms with Crippen molar-refractivity contribution in [2.45, 2.75) is 46.1 Å². The Morgan fingerprint density at radius 2 is 2.00 bits per heavy atom. The monoisotopic (exact) mass is 564 g/mol. The third-order valence-electron chi connectivity index (χ3n) is 6.72.